The van der Waals surface area contributed by atoms with Gasteiger partial charge in [0.2, 0.25) is 5.91 Å². The van der Waals surface area contributed by atoms with Crippen LogP contribution in [0, 0.1) is 5.82 Å². The Morgan fingerprint density at radius 3 is 2.67 bits per heavy atom. The van der Waals surface area contributed by atoms with E-state index in [0.717, 1.165) is 19.3 Å². The van der Waals surface area contributed by atoms with E-state index in [1.165, 1.54) is 6.07 Å². The maximum absolute atomic E-state index is 13.5. The van der Waals surface area contributed by atoms with E-state index in [1.54, 1.807) is 12.1 Å². The van der Waals surface area contributed by atoms with Crippen molar-refractivity contribution in [1.29, 1.82) is 0 Å². The lowest BCUT2D eigenvalue weighted by molar-refractivity contribution is -0.122. The summed E-state index contributed by atoms with van der Waals surface area (Å²) in [5, 5.41) is 2.59. The van der Waals surface area contributed by atoms with Crippen molar-refractivity contribution in [2.24, 2.45) is 5.73 Å². The van der Waals surface area contributed by atoms with Crippen molar-refractivity contribution in [2.45, 2.75) is 37.6 Å². The van der Waals surface area contributed by atoms with E-state index < -0.39 is 11.4 Å². The zero-order valence-corrected chi connectivity index (χ0v) is 11.6. The number of hydrogen-bond acceptors (Lipinski definition) is 2. The van der Waals surface area contributed by atoms with Crippen LogP contribution in [0.1, 0.15) is 32.1 Å². The minimum atomic E-state index is -0.854. The summed E-state index contributed by atoms with van der Waals surface area (Å²) in [4.78, 5) is 12.1. The Hall–Kier alpha value is -0.940. The highest BCUT2D eigenvalue weighted by molar-refractivity contribution is 9.10. The van der Waals surface area contributed by atoms with Gasteiger partial charge in [-0.25, -0.2) is 4.39 Å². The van der Waals surface area contributed by atoms with Crippen molar-refractivity contribution in [1.82, 2.24) is 0 Å². The van der Waals surface area contributed by atoms with Crippen LogP contribution in [0.5, 0.6) is 0 Å². The van der Waals surface area contributed by atoms with Crippen molar-refractivity contribution in [3.05, 3.63) is 28.5 Å². The van der Waals surface area contributed by atoms with Crippen LogP contribution in [0.4, 0.5) is 10.1 Å². The van der Waals surface area contributed by atoms with Gasteiger partial charge in [0.05, 0.1) is 11.2 Å². The van der Waals surface area contributed by atoms with Crippen molar-refractivity contribution < 1.29 is 9.18 Å². The molecule has 1 aliphatic rings. The Labute approximate surface area is 114 Å². The molecule has 2 rings (SSSR count). The van der Waals surface area contributed by atoms with Gasteiger partial charge in [-0.1, -0.05) is 35.2 Å². The minimum absolute atomic E-state index is 0.171. The Morgan fingerprint density at radius 1 is 1.33 bits per heavy atom. The fraction of sp³-hybridized carbons (Fsp3) is 0.462. The molecular weight excluding hydrogens is 299 g/mol. The number of benzene rings is 1. The van der Waals surface area contributed by atoms with Gasteiger partial charge >= 0.3 is 0 Å². The van der Waals surface area contributed by atoms with E-state index in [4.69, 9.17) is 5.73 Å². The molecule has 1 aromatic rings. The molecule has 0 atom stereocenters. The third kappa shape index (κ3) is 2.90. The molecule has 0 unspecified atom stereocenters. The number of hydrogen-bond donors (Lipinski definition) is 2. The summed E-state index contributed by atoms with van der Waals surface area (Å²) < 4.78 is 14.3. The molecule has 18 heavy (non-hydrogen) atoms. The Balaban J connectivity index is 2.13. The number of amides is 1. The molecule has 1 saturated carbocycles. The summed E-state index contributed by atoms with van der Waals surface area (Å²) in [6.45, 7) is 0. The highest BCUT2D eigenvalue weighted by atomic mass is 79.9. The van der Waals surface area contributed by atoms with Gasteiger partial charge in [0.1, 0.15) is 5.82 Å². The van der Waals surface area contributed by atoms with E-state index in [-0.39, 0.29) is 11.6 Å². The summed E-state index contributed by atoms with van der Waals surface area (Å²) in [5.41, 5.74) is 5.41. The molecular formula is C13H16BrFN2O. The summed E-state index contributed by atoms with van der Waals surface area (Å²) in [6.07, 6.45) is 4.33. The van der Waals surface area contributed by atoms with E-state index in [0.29, 0.717) is 17.3 Å². The Bertz CT molecular complexity index is 458. The first kappa shape index (κ1) is 13.5. The lowest BCUT2D eigenvalue weighted by Crippen LogP contribution is -2.52. The molecule has 1 aromatic carbocycles. The lowest BCUT2D eigenvalue weighted by atomic mass is 9.82. The standard InChI is InChI=1S/C13H16BrFN2O/c14-9-4-5-10(15)11(8-9)17-12(18)13(16)6-2-1-3-7-13/h4-5,8H,1-3,6-7,16H2,(H,17,18). The molecule has 0 bridgehead atoms. The first-order valence-corrected chi connectivity index (χ1v) is 6.86. The van der Waals surface area contributed by atoms with Gasteiger partial charge in [-0.05, 0) is 31.0 Å². The first-order chi connectivity index (χ1) is 8.51. The highest BCUT2D eigenvalue weighted by Gasteiger charge is 2.35. The molecule has 0 spiro atoms. The highest BCUT2D eigenvalue weighted by Crippen LogP contribution is 2.28. The second-order valence-electron chi connectivity index (χ2n) is 4.80. The van der Waals surface area contributed by atoms with Crippen LogP contribution in [-0.4, -0.2) is 11.4 Å². The van der Waals surface area contributed by atoms with Crippen molar-refractivity contribution >= 4 is 27.5 Å². The molecule has 0 radical (unpaired) electrons. The predicted octanol–water partition coefficient (Wildman–Crippen LogP) is 3.19. The summed E-state index contributed by atoms with van der Waals surface area (Å²) in [6, 6.07) is 4.44. The van der Waals surface area contributed by atoms with Crippen LogP contribution in [0.3, 0.4) is 0 Å². The van der Waals surface area contributed by atoms with Crippen LogP contribution >= 0.6 is 15.9 Å². The maximum atomic E-state index is 13.5. The van der Waals surface area contributed by atoms with Crippen LogP contribution in [0.2, 0.25) is 0 Å². The van der Waals surface area contributed by atoms with Crippen molar-refractivity contribution in [2.75, 3.05) is 5.32 Å². The van der Waals surface area contributed by atoms with Crippen molar-refractivity contribution in [3.8, 4) is 0 Å². The van der Waals surface area contributed by atoms with Crippen LogP contribution in [-0.2, 0) is 4.79 Å². The van der Waals surface area contributed by atoms with Crippen LogP contribution in [0.15, 0.2) is 22.7 Å². The Morgan fingerprint density at radius 2 is 2.00 bits per heavy atom. The normalized spacial score (nSPS) is 18.4. The molecule has 1 aliphatic carbocycles. The van der Waals surface area contributed by atoms with E-state index in [2.05, 4.69) is 21.2 Å². The number of carbonyl (C=O) groups is 1. The van der Waals surface area contributed by atoms with Gasteiger partial charge in [-0.3, -0.25) is 4.79 Å². The lowest BCUT2D eigenvalue weighted by Gasteiger charge is -2.31. The van der Waals surface area contributed by atoms with Crippen LogP contribution < -0.4 is 11.1 Å². The van der Waals surface area contributed by atoms with E-state index in [9.17, 15) is 9.18 Å². The van der Waals surface area contributed by atoms with E-state index in [1.807, 2.05) is 0 Å². The number of halogens is 2. The monoisotopic (exact) mass is 314 g/mol. The molecule has 0 aliphatic heterocycles. The first-order valence-electron chi connectivity index (χ1n) is 6.07. The zero-order chi connectivity index (χ0) is 13.2. The average molecular weight is 315 g/mol. The number of anilines is 1. The molecule has 3 nitrogen and oxygen atoms in total. The molecule has 1 amide bonds. The second-order valence-corrected chi connectivity index (χ2v) is 5.71. The number of carbonyl (C=O) groups excluding carboxylic acids is 1. The van der Waals surface area contributed by atoms with Crippen molar-refractivity contribution in [3.63, 3.8) is 0 Å². The average Bonchev–Trinajstić information content (AvgIpc) is 2.35. The fourth-order valence-corrected chi connectivity index (χ4v) is 2.61. The molecule has 3 N–H and O–H groups in total. The number of rotatable bonds is 2. The molecule has 0 aromatic heterocycles. The van der Waals surface area contributed by atoms with Gasteiger partial charge < -0.3 is 11.1 Å². The number of nitrogens with two attached hydrogens (primary N) is 1. The van der Waals surface area contributed by atoms with Gasteiger partial charge in [-0.15, -0.1) is 0 Å². The maximum Gasteiger partial charge on any atom is 0.244 e. The van der Waals surface area contributed by atoms with Gasteiger partial charge in [-0.2, -0.15) is 0 Å². The zero-order valence-electron chi connectivity index (χ0n) is 10.0. The second kappa shape index (κ2) is 5.36. The molecule has 0 saturated heterocycles. The molecule has 98 valence electrons. The third-order valence-corrected chi connectivity index (χ3v) is 3.87. The predicted molar refractivity (Wildman–Crippen MR) is 72.7 cm³/mol. The van der Waals surface area contributed by atoms with Gasteiger partial charge in [0.15, 0.2) is 0 Å². The summed E-state index contributed by atoms with van der Waals surface area (Å²) in [5.74, 6) is -0.745. The summed E-state index contributed by atoms with van der Waals surface area (Å²) in [7, 11) is 0. The Kier molecular flexibility index (Phi) is 4.02. The quantitative estimate of drug-likeness (QED) is 0.880. The summed E-state index contributed by atoms with van der Waals surface area (Å²) >= 11 is 3.25. The number of nitrogens with one attached hydrogen (secondary N) is 1. The van der Waals surface area contributed by atoms with E-state index >= 15 is 0 Å². The minimum Gasteiger partial charge on any atom is -0.322 e. The molecule has 0 heterocycles. The van der Waals surface area contributed by atoms with Gasteiger partial charge in [0.25, 0.3) is 0 Å². The van der Waals surface area contributed by atoms with Gasteiger partial charge in [0, 0.05) is 4.47 Å². The largest absolute Gasteiger partial charge is 0.322 e. The SMILES string of the molecule is NC1(C(=O)Nc2cc(Br)ccc2F)CCCCC1. The smallest absolute Gasteiger partial charge is 0.244 e. The van der Waals surface area contributed by atoms with Crippen LogP contribution in [0.25, 0.3) is 0 Å². The topological polar surface area (TPSA) is 55.1 Å². The molecule has 5 heteroatoms. The third-order valence-electron chi connectivity index (χ3n) is 3.37. The molecule has 1 fully saturated rings. The fourth-order valence-electron chi connectivity index (χ4n) is 2.25.